The zero-order valence-electron chi connectivity index (χ0n) is 12.2. The van der Waals surface area contributed by atoms with Gasteiger partial charge < -0.3 is 15.2 Å². The molecule has 2 rings (SSSR count). The maximum absolute atomic E-state index is 12.0. The minimum absolute atomic E-state index is 0.118. The third-order valence-corrected chi connectivity index (χ3v) is 3.44. The van der Waals surface area contributed by atoms with Crippen LogP contribution >= 0.6 is 0 Å². The summed E-state index contributed by atoms with van der Waals surface area (Å²) in [7, 11) is 0. The number of carbonyl (C=O) groups is 1. The average Bonchev–Trinajstić information content (AvgIpc) is 2.91. The number of benzene rings is 1. The molecule has 1 aliphatic carbocycles. The molecule has 1 aliphatic rings. The number of rotatable bonds is 5. The Kier molecular flexibility index (Phi) is 4.65. The molecule has 1 saturated carbocycles. The van der Waals surface area contributed by atoms with Crippen molar-refractivity contribution >= 4 is 11.6 Å². The van der Waals surface area contributed by atoms with Crippen LogP contribution in [0.2, 0.25) is 0 Å². The van der Waals surface area contributed by atoms with Gasteiger partial charge in [0.15, 0.2) is 0 Å². The third kappa shape index (κ3) is 4.53. The van der Waals surface area contributed by atoms with Gasteiger partial charge in [-0.05, 0) is 51.0 Å². The fraction of sp³-hybridized carbons (Fsp3) is 0.562. The highest BCUT2D eigenvalue weighted by atomic mass is 16.5. The van der Waals surface area contributed by atoms with Crippen molar-refractivity contribution in [1.29, 1.82) is 0 Å². The highest BCUT2D eigenvalue weighted by molar-refractivity contribution is 5.92. The van der Waals surface area contributed by atoms with Crippen molar-refractivity contribution in [2.24, 2.45) is 5.92 Å². The summed E-state index contributed by atoms with van der Waals surface area (Å²) in [6.45, 7) is 3.63. The number of carbonyl (C=O) groups excluding carboxylic acids is 1. The van der Waals surface area contributed by atoms with Crippen molar-refractivity contribution in [3.05, 3.63) is 24.3 Å². The van der Waals surface area contributed by atoms with Crippen LogP contribution in [0, 0.1) is 5.92 Å². The molecule has 0 unspecified atom stereocenters. The molecule has 0 radical (unpaired) electrons. The lowest BCUT2D eigenvalue weighted by Crippen LogP contribution is -2.27. The van der Waals surface area contributed by atoms with Crippen LogP contribution in [0.15, 0.2) is 24.3 Å². The van der Waals surface area contributed by atoms with Crippen LogP contribution in [0.25, 0.3) is 0 Å². The van der Waals surface area contributed by atoms with E-state index in [2.05, 4.69) is 5.32 Å². The molecule has 0 bridgehead atoms. The Labute approximate surface area is 120 Å². The number of hydrogen-bond donors (Lipinski definition) is 2. The standard InChI is InChI=1S/C16H23NO3/c1-16(2,19)11-20-14-9-7-13(8-10-14)17-15(18)12-5-3-4-6-12/h7-10,12,19H,3-6,11H2,1-2H3,(H,17,18). The average molecular weight is 277 g/mol. The van der Waals surface area contributed by atoms with Crippen molar-refractivity contribution in [3.63, 3.8) is 0 Å². The van der Waals surface area contributed by atoms with Gasteiger partial charge in [-0.15, -0.1) is 0 Å². The normalized spacial score (nSPS) is 16.1. The molecule has 20 heavy (non-hydrogen) atoms. The van der Waals surface area contributed by atoms with Crippen molar-refractivity contribution in [1.82, 2.24) is 0 Å². The van der Waals surface area contributed by atoms with E-state index in [4.69, 9.17) is 4.74 Å². The Morgan fingerprint density at radius 1 is 1.30 bits per heavy atom. The van der Waals surface area contributed by atoms with Gasteiger partial charge in [0.2, 0.25) is 5.91 Å². The quantitative estimate of drug-likeness (QED) is 0.870. The molecule has 110 valence electrons. The lowest BCUT2D eigenvalue weighted by Gasteiger charge is -2.18. The van der Waals surface area contributed by atoms with Gasteiger partial charge in [-0.3, -0.25) is 4.79 Å². The SMILES string of the molecule is CC(C)(O)COc1ccc(NC(=O)C2CCCC2)cc1. The summed E-state index contributed by atoms with van der Waals surface area (Å²) in [5, 5.41) is 12.5. The lowest BCUT2D eigenvalue weighted by molar-refractivity contribution is -0.119. The first-order valence-electron chi connectivity index (χ1n) is 7.20. The number of nitrogens with one attached hydrogen (secondary N) is 1. The highest BCUT2D eigenvalue weighted by Crippen LogP contribution is 2.26. The van der Waals surface area contributed by atoms with E-state index < -0.39 is 5.60 Å². The van der Waals surface area contributed by atoms with Crippen LogP contribution in [-0.2, 0) is 4.79 Å². The Balaban J connectivity index is 1.86. The molecule has 0 heterocycles. The first-order chi connectivity index (χ1) is 9.44. The predicted octanol–water partition coefficient (Wildman–Crippen LogP) is 2.97. The lowest BCUT2D eigenvalue weighted by atomic mass is 10.1. The summed E-state index contributed by atoms with van der Waals surface area (Å²) in [5.74, 6) is 0.972. The van der Waals surface area contributed by atoms with Crippen LogP contribution in [0.3, 0.4) is 0 Å². The number of ether oxygens (including phenoxy) is 1. The molecule has 0 atom stereocenters. The smallest absolute Gasteiger partial charge is 0.227 e. The largest absolute Gasteiger partial charge is 0.491 e. The predicted molar refractivity (Wildman–Crippen MR) is 78.8 cm³/mol. The minimum Gasteiger partial charge on any atom is -0.491 e. The molecule has 0 aromatic heterocycles. The fourth-order valence-electron chi connectivity index (χ4n) is 2.33. The summed E-state index contributed by atoms with van der Waals surface area (Å²) in [6.07, 6.45) is 4.31. The van der Waals surface area contributed by atoms with E-state index in [1.807, 2.05) is 12.1 Å². The van der Waals surface area contributed by atoms with Crippen molar-refractivity contribution in [3.8, 4) is 5.75 Å². The van der Waals surface area contributed by atoms with E-state index in [-0.39, 0.29) is 18.4 Å². The van der Waals surface area contributed by atoms with Gasteiger partial charge in [-0.25, -0.2) is 0 Å². The first kappa shape index (κ1) is 14.9. The molecule has 0 spiro atoms. The Bertz CT molecular complexity index is 442. The molecule has 1 amide bonds. The van der Waals surface area contributed by atoms with Crippen molar-refractivity contribution < 1.29 is 14.6 Å². The Morgan fingerprint density at radius 3 is 2.45 bits per heavy atom. The van der Waals surface area contributed by atoms with Crippen molar-refractivity contribution in [2.75, 3.05) is 11.9 Å². The molecule has 0 aliphatic heterocycles. The first-order valence-corrected chi connectivity index (χ1v) is 7.20. The maximum Gasteiger partial charge on any atom is 0.227 e. The van der Waals surface area contributed by atoms with E-state index >= 15 is 0 Å². The van der Waals surface area contributed by atoms with Gasteiger partial charge in [0.05, 0.1) is 5.60 Å². The van der Waals surface area contributed by atoms with Crippen LogP contribution in [-0.4, -0.2) is 23.2 Å². The van der Waals surface area contributed by atoms with Gasteiger partial charge in [0.25, 0.3) is 0 Å². The van der Waals surface area contributed by atoms with Crippen LogP contribution in [0.1, 0.15) is 39.5 Å². The molecule has 0 saturated heterocycles. The van der Waals surface area contributed by atoms with E-state index in [9.17, 15) is 9.90 Å². The molecule has 1 fully saturated rings. The highest BCUT2D eigenvalue weighted by Gasteiger charge is 2.22. The molecule has 4 nitrogen and oxygen atoms in total. The van der Waals surface area contributed by atoms with Gasteiger partial charge in [0, 0.05) is 11.6 Å². The van der Waals surface area contributed by atoms with Gasteiger partial charge in [-0.2, -0.15) is 0 Å². The third-order valence-electron chi connectivity index (χ3n) is 3.44. The molecule has 1 aromatic rings. The number of hydrogen-bond acceptors (Lipinski definition) is 3. The summed E-state index contributed by atoms with van der Waals surface area (Å²) >= 11 is 0. The maximum atomic E-state index is 12.0. The molecule has 4 heteroatoms. The second kappa shape index (κ2) is 6.27. The molecular weight excluding hydrogens is 254 g/mol. The van der Waals surface area contributed by atoms with Gasteiger partial charge in [-0.1, -0.05) is 12.8 Å². The Morgan fingerprint density at radius 2 is 1.90 bits per heavy atom. The number of aliphatic hydroxyl groups is 1. The summed E-state index contributed by atoms with van der Waals surface area (Å²) in [5.41, 5.74) is -0.0625. The zero-order chi connectivity index (χ0) is 14.6. The molecule has 1 aromatic carbocycles. The Hall–Kier alpha value is -1.55. The van der Waals surface area contributed by atoms with E-state index in [0.717, 1.165) is 31.4 Å². The van der Waals surface area contributed by atoms with E-state index in [1.165, 1.54) is 0 Å². The second-order valence-electron chi connectivity index (χ2n) is 6.10. The van der Waals surface area contributed by atoms with Crippen LogP contribution in [0.5, 0.6) is 5.75 Å². The molecule has 2 N–H and O–H groups in total. The fourth-order valence-corrected chi connectivity index (χ4v) is 2.33. The molecular formula is C16H23NO3. The number of anilines is 1. The summed E-state index contributed by atoms with van der Waals surface area (Å²) in [6, 6.07) is 7.26. The summed E-state index contributed by atoms with van der Waals surface area (Å²) < 4.78 is 5.47. The number of amides is 1. The van der Waals surface area contributed by atoms with E-state index in [0.29, 0.717) is 5.75 Å². The van der Waals surface area contributed by atoms with Gasteiger partial charge in [0.1, 0.15) is 12.4 Å². The second-order valence-corrected chi connectivity index (χ2v) is 6.10. The van der Waals surface area contributed by atoms with Crippen LogP contribution < -0.4 is 10.1 Å². The zero-order valence-corrected chi connectivity index (χ0v) is 12.2. The minimum atomic E-state index is -0.852. The van der Waals surface area contributed by atoms with Crippen LogP contribution in [0.4, 0.5) is 5.69 Å². The summed E-state index contributed by atoms with van der Waals surface area (Å²) in [4.78, 5) is 12.0. The van der Waals surface area contributed by atoms with Gasteiger partial charge >= 0.3 is 0 Å². The monoisotopic (exact) mass is 277 g/mol. The topological polar surface area (TPSA) is 58.6 Å². The van der Waals surface area contributed by atoms with E-state index in [1.54, 1.807) is 26.0 Å². The van der Waals surface area contributed by atoms with Crippen molar-refractivity contribution in [2.45, 2.75) is 45.1 Å².